The smallest absolute Gasteiger partial charge is 0.266 e. The van der Waals surface area contributed by atoms with Crippen LogP contribution in [0.3, 0.4) is 0 Å². The molecule has 146 valence electrons. The summed E-state index contributed by atoms with van der Waals surface area (Å²) < 4.78 is 11.6. The van der Waals surface area contributed by atoms with Crippen molar-refractivity contribution in [2.24, 2.45) is 5.92 Å². The van der Waals surface area contributed by atoms with Gasteiger partial charge in [0.1, 0.15) is 18.9 Å². The predicted octanol–water partition coefficient (Wildman–Crippen LogP) is 4.13. The molecule has 0 aliphatic carbocycles. The van der Waals surface area contributed by atoms with Crippen LogP contribution in [0.25, 0.3) is 6.08 Å². The average molecular weight is 380 g/mol. The van der Waals surface area contributed by atoms with E-state index in [9.17, 15) is 10.1 Å². The Kier molecular flexibility index (Phi) is 5.58. The second-order valence-corrected chi connectivity index (χ2v) is 7.30. The van der Waals surface area contributed by atoms with Crippen molar-refractivity contribution in [1.82, 2.24) is 0 Å². The van der Waals surface area contributed by atoms with Gasteiger partial charge in [-0.2, -0.15) is 0 Å². The Morgan fingerprint density at radius 1 is 1.11 bits per heavy atom. The highest BCUT2D eigenvalue weighted by Gasteiger charge is 2.29. The molecule has 0 unspecified atom stereocenters. The molecule has 0 saturated carbocycles. The topological polar surface area (TPSA) is 64.8 Å². The molecule has 4 rings (SSSR count). The van der Waals surface area contributed by atoms with E-state index in [2.05, 4.69) is 4.90 Å². The summed E-state index contributed by atoms with van der Waals surface area (Å²) in [5.74, 6) is 1.24. The minimum Gasteiger partial charge on any atom is -0.487 e. The summed E-state index contributed by atoms with van der Waals surface area (Å²) in [6.45, 7) is 3.05. The lowest BCUT2D eigenvalue weighted by Crippen LogP contribution is -2.37. The highest BCUT2D eigenvalue weighted by atomic mass is 16.6. The summed E-state index contributed by atoms with van der Waals surface area (Å²) in [6, 6.07) is 15.8. The first-order valence-corrected chi connectivity index (χ1v) is 9.68. The molecule has 2 aromatic rings. The van der Waals surface area contributed by atoms with Crippen molar-refractivity contribution in [1.29, 1.82) is 0 Å². The fraction of sp³-hybridized carbons (Fsp3) is 0.364. The van der Waals surface area contributed by atoms with Crippen molar-refractivity contribution < 1.29 is 14.4 Å². The van der Waals surface area contributed by atoms with Crippen molar-refractivity contribution in [3.8, 4) is 5.75 Å². The monoisotopic (exact) mass is 380 g/mol. The molecule has 0 N–H and O–H groups in total. The van der Waals surface area contributed by atoms with Gasteiger partial charge in [-0.25, -0.2) is 0 Å². The molecule has 2 aromatic carbocycles. The summed E-state index contributed by atoms with van der Waals surface area (Å²) >= 11 is 0. The van der Waals surface area contributed by atoms with Crippen LogP contribution in [0.1, 0.15) is 24.0 Å². The molecule has 0 atom stereocenters. The van der Waals surface area contributed by atoms with Gasteiger partial charge >= 0.3 is 0 Å². The lowest BCUT2D eigenvalue weighted by Gasteiger charge is -2.34. The van der Waals surface area contributed by atoms with Gasteiger partial charge in [-0.1, -0.05) is 42.5 Å². The molecule has 2 aliphatic rings. The minimum atomic E-state index is -0.280. The van der Waals surface area contributed by atoms with E-state index in [0.717, 1.165) is 55.2 Å². The molecule has 0 amide bonds. The van der Waals surface area contributed by atoms with Gasteiger partial charge < -0.3 is 14.4 Å². The summed E-state index contributed by atoms with van der Waals surface area (Å²) in [5, 5.41) is 11.5. The zero-order chi connectivity index (χ0) is 19.3. The van der Waals surface area contributed by atoms with E-state index in [0.29, 0.717) is 19.1 Å². The van der Waals surface area contributed by atoms with Crippen molar-refractivity contribution in [2.45, 2.75) is 19.4 Å². The van der Waals surface area contributed by atoms with Gasteiger partial charge in [-0.05, 0) is 30.4 Å². The van der Waals surface area contributed by atoms with Gasteiger partial charge in [0, 0.05) is 31.4 Å². The third-order valence-electron chi connectivity index (χ3n) is 5.31. The van der Waals surface area contributed by atoms with E-state index in [4.69, 9.17) is 9.47 Å². The van der Waals surface area contributed by atoms with Crippen LogP contribution in [0.15, 0.2) is 54.2 Å². The van der Waals surface area contributed by atoms with Crippen LogP contribution in [0.5, 0.6) is 5.75 Å². The number of ether oxygens (including phenoxy) is 2. The molecule has 2 aliphatic heterocycles. The second-order valence-electron chi connectivity index (χ2n) is 7.30. The average Bonchev–Trinajstić information content (AvgIpc) is 2.73. The molecule has 0 spiro atoms. The quantitative estimate of drug-likeness (QED) is 0.557. The molecule has 28 heavy (non-hydrogen) atoms. The SMILES string of the molecule is O=[N+]([O-])C1=Cc2cccc(OCc3ccccc3)c2N(CC2CCOCC2)C1. The van der Waals surface area contributed by atoms with Crippen LogP contribution in [-0.4, -0.2) is 31.2 Å². The van der Waals surface area contributed by atoms with Crippen molar-refractivity contribution in [3.63, 3.8) is 0 Å². The minimum absolute atomic E-state index is 0.222. The molecule has 1 saturated heterocycles. The fourth-order valence-electron chi connectivity index (χ4n) is 3.85. The standard InChI is InChI=1S/C22H24N2O4/c25-24(26)20-13-19-7-4-8-21(28-16-18-5-2-1-3-6-18)22(19)23(15-20)14-17-9-11-27-12-10-17/h1-8,13,17H,9-12,14-16H2. The number of fused-ring (bicyclic) bond motifs is 1. The Morgan fingerprint density at radius 2 is 1.89 bits per heavy atom. The third kappa shape index (κ3) is 4.17. The van der Waals surface area contributed by atoms with E-state index in [1.807, 2.05) is 48.5 Å². The van der Waals surface area contributed by atoms with E-state index in [1.54, 1.807) is 6.08 Å². The maximum absolute atomic E-state index is 11.5. The fourth-order valence-corrected chi connectivity index (χ4v) is 3.85. The van der Waals surface area contributed by atoms with E-state index < -0.39 is 0 Å². The van der Waals surface area contributed by atoms with Crippen LogP contribution < -0.4 is 9.64 Å². The molecule has 6 nitrogen and oxygen atoms in total. The lowest BCUT2D eigenvalue weighted by atomic mass is 9.97. The Morgan fingerprint density at radius 3 is 2.64 bits per heavy atom. The first kappa shape index (κ1) is 18.5. The molecular weight excluding hydrogens is 356 g/mol. The van der Waals surface area contributed by atoms with E-state index in [1.165, 1.54) is 0 Å². The van der Waals surface area contributed by atoms with Crippen LogP contribution in [0.2, 0.25) is 0 Å². The molecule has 2 heterocycles. The zero-order valence-corrected chi connectivity index (χ0v) is 15.8. The van der Waals surface area contributed by atoms with Crippen LogP contribution in [-0.2, 0) is 11.3 Å². The van der Waals surface area contributed by atoms with Crippen LogP contribution in [0.4, 0.5) is 5.69 Å². The van der Waals surface area contributed by atoms with Crippen molar-refractivity contribution in [3.05, 3.63) is 75.5 Å². The molecule has 1 fully saturated rings. The van der Waals surface area contributed by atoms with Crippen LogP contribution in [0, 0.1) is 16.0 Å². The third-order valence-corrected chi connectivity index (χ3v) is 5.31. The predicted molar refractivity (Wildman–Crippen MR) is 108 cm³/mol. The summed E-state index contributed by atoms with van der Waals surface area (Å²) in [6.07, 6.45) is 3.64. The normalized spacial score (nSPS) is 17.0. The molecular formula is C22H24N2O4. The zero-order valence-electron chi connectivity index (χ0n) is 15.8. The van der Waals surface area contributed by atoms with E-state index in [-0.39, 0.29) is 10.6 Å². The Hall–Kier alpha value is -2.86. The Balaban J connectivity index is 1.62. The van der Waals surface area contributed by atoms with Crippen LogP contribution >= 0.6 is 0 Å². The number of para-hydroxylation sites is 1. The van der Waals surface area contributed by atoms with Gasteiger partial charge in [0.25, 0.3) is 5.70 Å². The molecule has 0 aromatic heterocycles. The first-order valence-electron chi connectivity index (χ1n) is 9.68. The number of nitro groups is 1. The summed E-state index contributed by atoms with van der Waals surface area (Å²) in [4.78, 5) is 13.3. The Bertz CT molecular complexity index is 860. The molecule has 6 heteroatoms. The number of benzene rings is 2. The summed E-state index contributed by atoms with van der Waals surface area (Å²) in [7, 11) is 0. The molecule has 0 bridgehead atoms. The second kappa shape index (κ2) is 8.44. The molecule has 0 radical (unpaired) electrons. The van der Waals surface area contributed by atoms with Gasteiger partial charge in [-0.3, -0.25) is 10.1 Å². The van der Waals surface area contributed by atoms with Gasteiger partial charge in [0.05, 0.1) is 10.6 Å². The number of rotatable bonds is 6. The van der Waals surface area contributed by atoms with Crippen molar-refractivity contribution >= 4 is 11.8 Å². The maximum Gasteiger partial charge on any atom is 0.266 e. The maximum atomic E-state index is 11.5. The van der Waals surface area contributed by atoms with Gasteiger partial charge in [0.15, 0.2) is 0 Å². The summed E-state index contributed by atoms with van der Waals surface area (Å²) in [5.41, 5.74) is 3.11. The number of nitrogens with zero attached hydrogens (tertiary/aromatic N) is 2. The lowest BCUT2D eigenvalue weighted by molar-refractivity contribution is -0.423. The van der Waals surface area contributed by atoms with Gasteiger partial charge in [-0.15, -0.1) is 0 Å². The number of hydrogen-bond acceptors (Lipinski definition) is 5. The number of hydrogen-bond donors (Lipinski definition) is 0. The van der Waals surface area contributed by atoms with Gasteiger partial charge in [0.2, 0.25) is 0 Å². The largest absolute Gasteiger partial charge is 0.487 e. The highest BCUT2D eigenvalue weighted by molar-refractivity contribution is 5.77. The number of anilines is 1. The first-order chi connectivity index (χ1) is 13.7. The van der Waals surface area contributed by atoms with E-state index >= 15 is 0 Å². The highest BCUT2D eigenvalue weighted by Crippen LogP contribution is 2.38. The Labute approximate surface area is 164 Å². The van der Waals surface area contributed by atoms with Crippen molar-refractivity contribution in [2.75, 3.05) is 31.2 Å².